The molecule has 0 radical (unpaired) electrons. The summed E-state index contributed by atoms with van der Waals surface area (Å²) in [6, 6.07) is 18.1. The zero-order chi connectivity index (χ0) is 16.5. The molecule has 2 heterocycles. The monoisotopic (exact) mass is 349 g/mol. The first-order chi connectivity index (χ1) is 11.7. The molecule has 1 N–H and O–H groups in total. The molecule has 3 aromatic rings. The van der Waals surface area contributed by atoms with Crippen LogP contribution in [0.2, 0.25) is 0 Å². The second-order valence-electron chi connectivity index (χ2n) is 5.58. The summed E-state index contributed by atoms with van der Waals surface area (Å²) in [7, 11) is 0. The molecule has 0 atom stereocenters. The first kappa shape index (κ1) is 15.2. The van der Waals surface area contributed by atoms with Gasteiger partial charge in [0, 0.05) is 25.1 Å². The van der Waals surface area contributed by atoms with Crippen molar-refractivity contribution in [3.63, 3.8) is 0 Å². The van der Waals surface area contributed by atoms with Gasteiger partial charge < -0.3 is 5.32 Å². The van der Waals surface area contributed by atoms with E-state index in [1.165, 1.54) is 9.77 Å². The molecule has 24 heavy (non-hydrogen) atoms. The minimum atomic E-state index is 0.0227. The molecule has 0 bridgehead atoms. The highest BCUT2D eigenvalue weighted by molar-refractivity contribution is 7.99. The highest BCUT2D eigenvalue weighted by Gasteiger charge is 2.16. The highest BCUT2D eigenvalue weighted by atomic mass is 32.2. The number of rotatable bonds is 3. The van der Waals surface area contributed by atoms with E-state index in [4.69, 9.17) is 0 Å². The molecule has 4 rings (SSSR count). The third-order valence-corrected chi connectivity index (χ3v) is 5.92. The van der Waals surface area contributed by atoms with Crippen LogP contribution in [-0.4, -0.2) is 5.78 Å². The van der Waals surface area contributed by atoms with E-state index in [2.05, 4.69) is 30.4 Å². The Kier molecular flexibility index (Phi) is 4.00. The number of anilines is 2. The van der Waals surface area contributed by atoms with E-state index in [0.717, 1.165) is 21.1 Å². The minimum Gasteiger partial charge on any atom is -0.354 e. The predicted molar refractivity (Wildman–Crippen MR) is 103 cm³/mol. The normalized spacial score (nSPS) is 12.5. The number of fused-ring (bicyclic) bond motifs is 2. The molecule has 0 aliphatic carbocycles. The van der Waals surface area contributed by atoms with Gasteiger partial charge in [0.1, 0.15) is 0 Å². The number of benzene rings is 2. The summed E-state index contributed by atoms with van der Waals surface area (Å²) >= 11 is 3.41. The van der Waals surface area contributed by atoms with Gasteiger partial charge in [0.2, 0.25) is 0 Å². The molecule has 0 unspecified atom stereocenters. The maximum absolute atomic E-state index is 12.4. The van der Waals surface area contributed by atoms with E-state index in [0.29, 0.717) is 5.56 Å². The van der Waals surface area contributed by atoms with Gasteiger partial charge in [0.15, 0.2) is 5.78 Å². The van der Waals surface area contributed by atoms with E-state index in [-0.39, 0.29) is 5.78 Å². The van der Waals surface area contributed by atoms with E-state index in [1.54, 1.807) is 29.2 Å². The minimum absolute atomic E-state index is 0.0227. The zero-order valence-corrected chi connectivity index (χ0v) is 14.7. The number of carbonyl (C=O) groups is 1. The number of nitrogens with one attached hydrogen (secondary N) is 1. The number of hydrogen-bond donors (Lipinski definition) is 1. The molecule has 1 aliphatic rings. The maximum Gasteiger partial charge on any atom is 0.185 e. The van der Waals surface area contributed by atoms with E-state index in [9.17, 15) is 4.79 Å². The molecule has 4 heteroatoms. The molecule has 2 nitrogen and oxygen atoms in total. The Morgan fingerprint density at radius 1 is 1.00 bits per heavy atom. The molecule has 2 aromatic carbocycles. The lowest BCUT2D eigenvalue weighted by atomic mass is 10.1. The first-order valence-corrected chi connectivity index (χ1v) is 9.29. The van der Waals surface area contributed by atoms with Gasteiger partial charge in [-0.3, -0.25) is 4.79 Å². The van der Waals surface area contributed by atoms with Crippen LogP contribution in [0.15, 0.2) is 70.5 Å². The Morgan fingerprint density at radius 3 is 2.67 bits per heavy atom. The van der Waals surface area contributed by atoms with Crippen LogP contribution in [0, 0.1) is 6.92 Å². The van der Waals surface area contributed by atoms with Crippen molar-refractivity contribution in [1.29, 1.82) is 0 Å². The standard InChI is InChI=1S/C20H15NOS2/c1-13-6-8-15(23-13)9-10-18(22)14-7-11-20-17(12-14)21-16-4-2-3-5-19(16)24-20/h2-12,21H,1H3/b10-9+. The van der Waals surface area contributed by atoms with E-state index in [1.807, 2.05) is 42.5 Å². The van der Waals surface area contributed by atoms with Crippen LogP contribution in [-0.2, 0) is 0 Å². The molecule has 0 saturated carbocycles. The summed E-state index contributed by atoms with van der Waals surface area (Å²) in [5.74, 6) is 0.0227. The molecular formula is C20H15NOS2. The van der Waals surface area contributed by atoms with Gasteiger partial charge >= 0.3 is 0 Å². The second-order valence-corrected chi connectivity index (χ2v) is 7.98. The van der Waals surface area contributed by atoms with Gasteiger partial charge in [-0.15, -0.1) is 11.3 Å². The Bertz CT molecular complexity index is 956. The Hall–Kier alpha value is -2.30. The van der Waals surface area contributed by atoms with Crippen molar-refractivity contribution in [1.82, 2.24) is 0 Å². The predicted octanol–water partition coefficient (Wildman–Crippen LogP) is 6.16. The number of para-hydroxylation sites is 1. The van der Waals surface area contributed by atoms with Crippen molar-refractivity contribution in [2.75, 3.05) is 5.32 Å². The van der Waals surface area contributed by atoms with Gasteiger partial charge in [0.05, 0.1) is 11.4 Å². The van der Waals surface area contributed by atoms with Crippen molar-refractivity contribution in [2.24, 2.45) is 0 Å². The smallest absolute Gasteiger partial charge is 0.185 e. The summed E-state index contributed by atoms with van der Waals surface area (Å²) in [6.07, 6.45) is 3.54. The van der Waals surface area contributed by atoms with Crippen LogP contribution in [0.1, 0.15) is 20.1 Å². The molecule has 0 saturated heterocycles. The van der Waals surface area contributed by atoms with Gasteiger partial charge in [-0.1, -0.05) is 23.9 Å². The number of ketones is 1. The summed E-state index contributed by atoms with van der Waals surface area (Å²) in [4.78, 5) is 17.1. The first-order valence-electron chi connectivity index (χ1n) is 7.66. The van der Waals surface area contributed by atoms with Crippen molar-refractivity contribution < 1.29 is 4.79 Å². The van der Waals surface area contributed by atoms with Gasteiger partial charge in [-0.2, -0.15) is 0 Å². The third-order valence-electron chi connectivity index (χ3n) is 3.80. The molecule has 1 aromatic heterocycles. The zero-order valence-electron chi connectivity index (χ0n) is 13.1. The fourth-order valence-electron chi connectivity index (χ4n) is 2.59. The second kappa shape index (κ2) is 6.30. The van der Waals surface area contributed by atoms with Crippen molar-refractivity contribution >= 4 is 46.3 Å². The number of aryl methyl sites for hydroxylation is 1. The molecule has 0 amide bonds. The number of thiophene rings is 1. The van der Waals surface area contributed by atoms with Crippen molar-refractivity contribution in [3.05, 3.63) is 76.0 Å². The van der Waals surface area contributed by atoms with Crippen LogP contribution in [0.25, 0.3) is 6.08 Å². The topological polar surface area (TPSA) is 29.1 Å². The van der Waals surface area contributed by atoms with Crippen molar-refractivity contribution in [2.45, 2.75) is 16.7 Å². The van der Waals surface area contributed by atoms with E-state index < -0.39 is 0 Å². The van der Waals surface area contributed by atoms with Gasteiger partial charge in [0.25, 0.3) is 0 Å². The van der Waals surface area contributed by atoms with E-state index >= 15 is 0 Å². The highest BCUT2D eigenvalue weighted by Crippen LogP contribution is 2.44. The Balaban J connectivity index is 1.58. The lowest BCUT2D eigenvalue weighted by molar-refractivity contribution is 0.104. The Labute approximate surface area is 149 Å². The van der Waals surface area contributed by atoms with Crippen LogP contribution >= 0.6 is 23.1 Å². The summed E-state index contributed by atoms with van der Waals surface area (Å²) in [5, 5.41) is 3.42. The maximum atomic E-state index is 12.4. The third kappa shape index (κ3) is 3.03. The van der Waals surface area contributed by atoms with Gasteiger partial charge in [-0.25, -0.2) is 0 Å². The molecule has 118 valence electrons. The average Bonchev–Trinajstić information content (AvgIpc) is 3.02. The largest absolute Gasteiger partial charge is 0.354 e. The molecule has 1 aliphatic heterocycles. The number of allylic oxidation sites excluding steroid dienone is 1. The Morgan fingerprint density at radius 2 is 1.83 bits per heavy atom. The van der Waals surface area contributed by atoms with Crippen LogP contribution < -0.4 is 5.32 Å². The lowest BCUT2D eigenvalue weighted by Crippen LogP contribution is -2.02. The molecule has 0 fully saturated rings. The number of carbonyl (C=O) groups excluding carboxylic acids is 1. The quantitative estimate of drug-likeness (QED) is 0.355. The van der Waals surface area contributed by atoms with Crippen LogP contribution in [0.3, 0.4) is 0 Å². The van der Waals surface area contributed by atoms with Gasteiger partial charge in [-0.05, 0) is 61.5 Å². The lowest BCUT2D eigenvalue weighted by Gasteiger charge is -2.20. The molecule has 0 spiro atoms. The summed E-state index contributed by atoms with van der Waals surface area (Å²) < 4.78 is 0. The number of hydrogen-bond acceptors (Lipinski definition) is 4. The summed E-state index contributed by atoms with van der Waals surface area (Å²) in [5.41, 5.74) is 2.78. The SMILES string of the molecule is Cc1ccc(/C=C/C(=O)c2ccc3c(c2)Nc2ccccc2S3)s1. The fraction of sp³-hybridized carbons (Fsp3) is 0.0500. The fourth-order valence-corrected chi connectivity index (χ4v) is 4.34. The summed E-state index contributed by atoms with van der Waals surface area (Å²) in [6.45, 7) is 2.06. The van der Waals surface area contributed by atoms with Crippen LogP contribution in [0.4, 0.5) is 11.4 Å². The molecular weight excluding hydrogens is 334 g/mol. The van der Waals surface area contributed by atoms with Crippen LogP contribution in [0.5, 0.6) is 0 Å². The average molecular weight is 349 g/mol. The van der Waals surface area contributed by atoms with Crippen molar-refractivity contribution in [3.8, 4) is 0 Å².